The Bertz CT molecular complexity index is 1750. The van der Waals surface area contributed by atoms with Crippen molar-refractivity contribution in [3.8, 4) is 17.2 Å². The van der Waals surface area contributed by atoms with Gasteiger partial charge in [-0.05, 0) is 49.4 Å². The highest BCUT2D eigenvalue weighted by Crippen LogP contribution is 2.32. The second-order valence-electron chi connectivity index (χ2n) is 10.2. The lowest BCUT2D eigenvalue weighted by Crippen LogP contribution is -2.48. The molecule has 2 saturated heterocycles. The first-order valence-corrected chi connectivity index (χ1v) is 14.8. The molecule has 2 aliphatic heterocycles. The van der Waals surface area contributed by atoms with Crippen LogP contribution in [0.4, 0.5) is 5.69 Å². The van der Waals surface area contributed by atoms with Crippen LogP contribution in [-0.2, 0) is 14.8 Å². The number of fused-ring (bicyclic) bond motifs is 1. The summed E-state index contributed by atoms with van der Waals surface area (Å²) in [7, 11) is -4.49. The molecule has 218 valence electrons. The number of nitro benzene ring substituents is 1. The molecule has 42 heavy (non-hydrogen) atoms. The van der Waals surface area contributed by atoms with Gasteiger partial charge in [-0.3, -0.25) is 19.8 Å². The van der Waals surface area contributed by atoms with E-state index in [0.29, 0.717) is 30.7 Å². The number of H-pyrrole nitrogens is 1. The fourth-order valence-corrected chi connectivity index (χ4v) is 5.97. The van der Waals surface area contributed by atoms with Gasteiger partial charge in [0.25, 0.3) is 15.9 Å². The number of hydrogen-bond donors (Lipinski definition) is 2. The number of likely N-dealkylation sites (tertiary alicyclic amines) is 1. The molecule has 0 unspecified atom stereocenters. The van der Waals surface area contributed by atoms with Gasteiger partial charge in [-0.1, -0.05) is 12.1 Å². The van der Waals surface area contributed by atoms with Crippen LogP contribution >= 0.6 is 0 Å². The SMILES string of the molecule is O=C(NS(=O)(=O)c1ccc(OC[C@H]2CCN(C3COC3)C2)c([N+](=O)[O-])c1)c1ccccc1Oc1cnc2[nH]ccc2c1. The molecule has 4 heterocycles. The summed E-state index contributed by atoms with van der Waals surface area (Å²) in [6, 6.07) is 13.4. The number of pyridine rings is 1. The summed E-state index contributed by atoms with van der Waals surface area (Å²) >= 11 is 0. The molecule has 4 aromatic rings. The van der Waals surface area contributed by atoms with Crippen LogP contribution < -0.4 is 14.2 Å². The van der Waals surface area contributed by atoms with Gasteiger partial charge in [0.15, 0.2) is 5.75 Å². The highest BCUT2D eigenvalue weighted by molar-refractivity contribution is 7.90. The maximum atomic E-state index is 13.1. The van der Waals surface area contributed by atoms with Crippen LogP contribution in [0, 0.1) is 16.0 Å². The molecular formula is C28H27N5O8S. The van der Waals surface area contributed by atoms with Crippen LogP contribution in [0.1, 0.15) is 16.8 Å². The lowest BCUT2D eigenvalue weighted by Gasteiger charge is -2.34. The van der Waals surface area contributed by atoms with E-state index in [1.165, 1.54) is 30.5 Å². The third kappa shape index (κ3) is 5.77. The number of hydrogen-bond acceptors (Lipinski definition) is 10. The van der Waals surface area contributed by atoms with Crippen LogP contribution in [0.5, 0.6) is 17.2 Å². The van der Waals surface area contributed by atoms with Crippen molar-refractivity contribution in [1.29, 1.82) is 0 Å². The van der Waals surface area contributed by atoms with Crippen molar-refractivity contribution in [2.75, 3.05) is 32.9 Å². The molecule has 2 N–H and O–H groups in total. The quantitative estimate of drug-likeness (QED) is 0.205. The lowest BCUT2D eigenvalue weighted by molar-refractivity contribution is -0.386. The van der Waals surface area contributed by atoms with Gasteiger partial charge < -0.3 is 19.2 Å². The predicted octanol–water partition coefficient (Wildman–Crippen LogP) is 3.48. The van der Waals surface area contributed by atoms with E-state index < -0.39 is 31.4 Å². The Hall–Kier alpha value is -4.53. The molecule has 1 atom stereocenters. The monoisotopic (exact) mass is 593 g/mol. The Kier molecular flexibility index (Phi) is 7.49. The maximum absolute atomic E-state index is 13.1. The van der Waals surface area contributed by atoms with Crippen molar-refractivity contribution >= 4 is 32.7 Å². The van der Waals surface area contributed by atoms with E-state index in [-0.39, 0.29) is 29.6 Å². The molecule has 2 aromatic heterocycles. The average Bonchev–Trinajstić information content (AvgIpc) is 3.60. The summed E-state index contributed by atoms with van der Waals surface area (Å²) in [5, 5.41) is 12.6. The minimum Gasteiger partial charge on any atom is -0.486 e. The Morgan fingerprint density at radius 2 is 2.00 bits per heavy atom. The van der Waals surface area contributed by atoms with Gasteiger partial charge in [0.1, 0.15) is 17.1 Å². The first kappa shape index (κ1) is 27.6. The van der Waals surface area contributed by atoms with Gasteiger partial charge in [0, 0.05) is 30.1 Å². The largest absolute Gasteiger partial charge is 0.486 e. The number of nitrogens with one attached hydrogen (secondary N) is 2. The van der Waals surface area contributed by atoms with Crippen molar-refractivity contribution in [3.63, 3.8) is 0 Å². The summed E-state index contributed by atoms with van der Waals surface area (Å²) in [6.07, 6.45) is 4.09. The fourth-order valence-electron chi connectivity index (χ4n) is 4.98. The number of amides is 1. The van der Waals surface area contributed by atoms with E-state index >= 15 is 0 Å². The normalized spacial score (nSPS) is 17.6. The second-order valence-corrected chi connectivity index (χ2v) is 11.8. The number of nitrogens with zero attached hydrogens (tertiary/aromatic N) is 3. The molecular weight excluding hydrogens is 566 g/mol. The molecule has 2 aromatic carbocycles. The minimum atomic E-state index is -4.49. The Labute approximate surface area is 240 Å². The predicted molar refractivity (Wildman–Crippen MR) is 150 cm³/mol. The third-order valence-electron chi connectivity index (χ3n) is 7.33. The van der Waals surface area contributed by atoms with Crippen molar-refractivity contribution in [2.45, 2.75) is 17.4 Å². The second kappa shape index (κ2) is 11.4. The minimum absolute atomic E-state index is 0.0394. The standard InChI is InChI=1S/C28H27N5O8S/c34-28(23-3-1-2-4-25(23)41-21-11-19-7-9-29-27(19)30-13-21)31-42(37,38)22-5-6-26(24(12-22)33(35)36)40-15-18-8-10-32(14-18)20-16-39-17-20/h1-7,9,11-13,18,20H,8,10,14-17H2,(H,29,30)(H,31,34)/t18-/m0/s1. The zero-order valence-corrected chi connectivity index (χ0v) is 23.1. The molecule has 2 aliphatic rings. The summed E-state index contributed by atoms with van der Waals surface area (Å²) < 4.78 is 45.1. The molecule has 13 nitrogen and oxygen atoms in total. The van der Waals surface area contributed by atoms with E-state index in [1.807, 2.05) is 10.8 Å². The van der Waals surface area contributed by atoms with Gasteiger partial charge in [0.05, 0.1) is 47.4 Å². The molecule has 2 fully saturated rings. The van der Waals surface area contributed by atoms with Crippen molar-refractivity contribution in [1.82, 2.24) is 19.6 Å². The number of para-hydroxylation sites is 1. The van der Waals surface area contributed by atoms with Crippen LogP contribution in [0.25, 0.3) is 11.0 Å². The Morgan fingerprint density at radius 3 is 2.79 bits per heavy atom. The van der Waals surface area contributed by atoms with Crippen LogP contribution in [0.2, 0.25) is 0 Å². The van der Waals surface area contributed by atoms with Crippen molar-refractivity contribution < 1.29 is 32.3 Å². The smallest absolute Gasteiger partial charge is 0.312 e. The van der Waals surface area contributed by atoms with Crippen molar-refractivity contribution in [3.05, 3.63) is 82.7 Å². The average molecular weight is 594 g/mol. The molecule has 0 radical (unpaired) electrons. The highest BCUT2D eigenvalue weighted by Gasteiger charge is 2.33. The zero-order chi connectivity index (χ0) is 29.3. The van der Waals surface area contributed by atoms with E-state index in [4.69, 9.17) is 14.2 Å². The molecule has 0 spiro atoms. The maximum Gasteiger partial charge on any atom is 0.312 e. The number of sulfonamides is 1. The number of rotatable bonds is 10. The van der Waals surface area contributed by atoms with Gasteiger partial charge in [0.2, 0.25) is 0 Å². The number of benzene rings is 2. The molecule has 0 aliphatic carbocycles. The first-order chi connectivity index (χ1) is 20.3. The van der Waals surface area contributed by atoms with Crippen LogP contribution in [0.3, 0.4) is 0 Å². The topological polar surface area (TPSA) is 166 Å². The van der Waals surface area contributed by atoms with Crippen LogP contribution in [0.15, 0.2) is 71.9 Å². The summed E-state index contributed by atoms with van der Waals surface area (Å²) in [4.78, 5) is 33.3. The summed E-state index contributed by atoms with van der Waals surface area (Å²) in [6.45, 7) is 3.41. The molecule has 0 saturated carbocycles. The highest BCUT2D eigenvalue weighted by atomic mass is 32.2. The number of aromatic amines is 1. The number of nitro groups is 1. The summed E-state index contributed by atoms with van der Waals surface area (Å²) in [5.41, 5.74) is 0.0994. The zero-order valence-electron chi connectivity index (χ0n) is 22.3. The van der Waals surface area contributed by atoms with Gasteiger partial charge in [-0.15, -0.1) is 0 Å². The fraction of sp³-hybridized carbons (Fsp3) is 0.286. The Morgan fingerprint density at radius 1 is 1.17 bits per heavy atom. The number of carbonyl (C=O) groups is 1. The van der Waals surface area contributed by atoms with E-state index in [0.717, 1.165) is 31.0 Å². The lowest BCUT2D eigenvalue weighted by atomic mass is 10.1. The summed E-state index contributed by atoms with van der Waals surface area (Å²) in [5.74, 6) is -0.365. The van der Waals surface area contributed by atoms with E-state index in [2.05, 4.69) is 14.9 Å². The first-order valence-electron chi connectivity index (χ1n) is 13.3. The number of carbonyl (C=O) groups excluding carboxylic acids is 1. The van der Waals surface area contributed by atoms with E-state index in [1.54, 1.807) is 24.4 Å². The molecule has 0 bridgehead atoms. The number of aromatic nitrogens is 2. The number of ether oxygens (including phenoxy) is 3. The van der Waals surface area contributed by atoms with Crippen LogP contribution in [-0.4, -0.2) is 73.1 Å². The van der Waals surface area contributed by atoms with Gasteiger partial charge >= 0.3 is 5.69 Å². The molecule has 14 heteroatoms. The Balaban J connectivity index is 1.15. The third-order valence-corrected chi connectivity index (χ3v) is 8.66. The molecule has 6 rings (SSSR count). The molecule has 1 amide bonds. The van der Waals surface area contributed by atoms with Gasteiger partial charge in [-0.25, -0.2) is 18.1 Å². The van der Waals surface area contributed by atoms with E-state index in [9.17, 15) is 23.3 Å². The van der Waals surface area contributed by atoms with Gasteiger partial charge in [-0.2, -0.15) is 0 Å². The van der Waals surface area contributed by atoms with Crippen molar-refractivity contribution in [2.24, 2.45) is 5.92 Å².